The van der Waals surface area contributed by atoms with E-state index >= 15 is 0 Å². The van der Waals surface area contributed by atoms with Gasteiger partial charge in [-0.2, -0.15) is 0 Å². The highest BCUT2D eigenvalue weighted by Crippen LogP contribution is 2.08. The van der Waals surface area contributed by atoms with Gasteiger partial charge >= 0.3 is 5.97 Å². The second-order valence-electron chi connectivity index (χ2n) is 8.65. The van der Waals surface area contributed by atoms with Crippen LogP contribution in [0.1, 0.15) is 39.2 Å². The van der Waals surface area contributed by atoms with Gasteiger partial charge in [-0.3, -0.25) is 19.2 Å². The fourth-order valence-electron chi connectivity index (χ4n) is 3.10. The molecule has 9 N–H and O–H groups in total. The fraction of sp³-hybridized carbons (Fsp3) is 0.522. The molecule has 0 spiro atoms. The Labute approximate surface area is 203 Å². The predicted octanol–water partition coefficient (Wildman–Crippen LogP) is -1.60. The number of amides is 4. The molecular weight excluding hydrogens is 458 g/mol. The first-order valence-corrected chi connectivity index (χ1v) is 11.2. The van der Waals surface area contributed by atoms with E-state index in [1.165, 1.54) is 6.92 Å². The van der Waals surface area contributed by atoms with Crippen LogP contribution in [0.2, 0.25) is 0 Å². The van der Waals surface area contributed by atoms with Crippen molar-refractivity contribution in [2.24, 2.45) is 17.4 Å². The number of carboxylic acids is 1. The number of carboxylic acid groups (broad SMARTS) is 1. The second-order valence-corrected chi connectivity index (χ2v) is 8.65. The third-order valence-electron chi connectivity index (χ3n) is 5.30. The van der Waals surface area contributed by atoms with Gasteiger partial charge in [0.1, 0.15) is 12.1 Å². The van der Waals surface area contributed by atoms with Gasteiger partial charge in [-0.15, -0.1) is 0 Å². The molecule has 0 heterocycles. The third kappa shape index (κ3) is 10.1. The molecule has 0 bridgehead atoms. The quantitative estimate of drug-likeness (QED) is 0.160. The van der Waals surface area contributed by atoms with Gasteiger partial charge in [0, 0.05) is 12.8 Å². The third-order valence-corrected chi connectivity index (χ3v) is 5.30. The number of carbonyl (C=O) groups is 5. The zero-order valence-corrected chi connectivity index (χ0v) is 20.1. The van der Waals surface area contributed by atoms with E-state index in [0.717, 1.165) is 5.56 Å². The molecule has 5 atom stereocenters. The Morgan fingerprint density at radius 2 is 1.43 bits per heavy atom. The number of aliphatic carboxylic acids is 1. The molecule has 0 saturated heterocycles. The lowest BCUT2D eigenvalue weighted by Crippen LogP contribution is -2.59. The first kappa shape index (κ1) is 29.5. The van der Waals surface area contributed by atoms with Crippen molar-refractivity contribution < 1.29 is 34.2 Å². The molecule has 0 fully saturated rings. The van der Waals surface area contributed by atoms with E-state index in [4.69, 9.17) is 11.5 Å². The Balaban J connectivity index is 3.14. The van der Waals surface area contributed by atoms with Crippen molar-refractivity contribution in [1.29, 1.82) is 0 Å². The van der Waals surface area contributed by atoms with E-state index < -0.39 is 59.9 Å². The number of hydrogen-bond acceptors (Lipinski definition) is 7. The van der Waals surface area contributed by atoms with Crippen molar-refractivity contribution in [2.75, 3.05) is 0 Å². The maximum absolute atomic E-state index is 13.2. The highest BCUT2D eigenvalue weighted by molar-refractivity contribution is 5.94. The summed E-state index contributed by atoms with van der Waals surface area (Å²) in [5.74, 6) is -4.65. The number of nitrogens with one attached hydrogen (secondary N) is 3. The zero-order chi connectivity index (χ0) is 26.7. The van der Waals surface area contributed by atoms with Gasteiger partial charge in [-0.05, 0) is 24.8 Å². The Hall–Kier alpha value is -3.51. The second kappa shape index (κ2) is 14.0. The van der Waals surface area contributed by atoms with E-state index in [-0.39, 0.29) is 25.2 Å². The first-order valence-electron chi connectivity index (χ1n) is 11.2. The molecule has 5 unspecified atom stereocenters. The monoisotopic (exact) mass is 493 g/mol. The highest BCUT2D eigenvalue weighted by Gasteiger charge is 2.32. The molecule has 0 saturated carbocycles. The summed E-state index contributed by atoms with van der Waals surface area (Å²) in [6.07, 6.45) is -1.85. The van der Waals surface area contributed by atoms with Crippen molar-refractivity contribution in [3.63, 3.8) is 0 Å². The normalized spacial score (nSPS) is 15.3. The summed E-state index contributed by atoms with van der Waals surface area (Å²) in [6, 6.07) is 3.83. The standard InChI is InChI=1S/C23H35N5O7/c1-12(2)18(25)22(33)27-16(11-14-7-5-4-6-8-14)21(32)26-15(9-10-17(24)30)20(31)28-19(13(3)29)23(34)35/h4-8,12-13,15-16,18-19,29H,9-11,25H2,1-3H3,(H2,24,30)(H,26,32)(H,27,33)(H,28,31)(H,34,35). The van der Waals surface area contributed by atoms with E-state index in [0.29, 0.717) is 0 Å². The van der Waals surface area contributed by atoms with Crippen LogP contribution < -0.4 is 27.4 Å². The summed E-state index contributed by atoms with van der Waals surface area (Å²) in [7, 11) is 0. The summed E-state index contributed by atoms with van der Waals surface area (Å²) in [4.78, 5) is 61.1. The number of carbonyl (C=O) groups excluding carboxylic acids is 4. The minimum atomic E-state index is -1.64. The van der Waals surface area contributed by atoms with Crippen LogP contribution in [0.25, 0.3) is 0 Å². The topological polar surface area (TPSA) is 214 Å². The van der Waals surface area contributed by atoms with E-state index in [1.54, 1.807) is 44.2 Å². The van der Waals surface area contributed by atoms with Gasteiger partial charge in [0.2, 0.25) is 23.6 Å². The first-order chi connectivity index (χ1) is 16.3. The van der Waals surface area contributed by atoms with Gasteiger partial charge in [0.25, 0.3) is 0 Å². The Kier molecular flexibility index (Phi) is 11.8. The van der Waals surface area contributed by atoms with E-state index in [2.05, 4.69) is 16.0 Å². The van der Waals surface area contributed by atoms with Gasteiger partial charge in [-0.25, -0.2) is 4.79 Å². The van der Waals surface area contributed by atoms with Crippen molar-refractivity contribution in [1.82, 2.24) is 16.0 Å². The lowest BCUT2D eigenvalue weighted by molar-refractivity contribution is -0.145. The molecule has 35 heavy (non-hydrogen) atoms. The number of aliphatic hydroxyl groups is 1. The molecule has 1 aromatic carbocycles. The molecular formula is C23H35N5O7. The van der Waals surface area contributed by atoms with Crippen LogP contribution in [-0.4, -0.2) is 70.1 Å². The summed E-state index contributed by atoms with van der Waals surface area (Å²) in [6.45, 7) is 4.68. The molecule has 0 aliphatic heterocycles. The predicted molar refractivity (Wildman–Crippen MR) is 126 cm³/mol. The average molecular weight is 494 g/mol. The number of benzene rings is 1. The minimum absolute atomic E-state index is 0.0822. The number of hydrogen-bond donors (Lipinski definition) is 7. The molecule has 0 aliphatic carbocycles. The van der Waals surface area contributed by atoms with Crippen molar-refractivity contribution in [3.05, 3.63) is 35.9 Å². The summed E-state index contributed by atoms with van der Waals surface area (Å²) in [5.41, 5.74) is 11.8. The molecule has 1 rings (SSSR count). The number of nitrogens with two attached hydrogens (primary N) is 2. The summed E-state index contributed by atoms with van der Waals surface area (Å²) in [5, 5.41) is 26.1. The Bertz CT molecular complexity index is 892. The molecule has 1 aromatic rings. The maximum atomic E-state index is 13.2. The van der Waals surface area contributed by atoms with Crippen molar-refractivity contribution in [3.8, 4) is 0 Å². The van der Waals surface area contributed by atoms with Crippen LogP contribution in [0.15, 0.2) is 30.3 Å². The Morgan fingerprint density at radius 1 is 0.886 bits per heavy atom. The molecule has 194 valence electrons. The van der Waals surface area contributed by atoms with E-state index in [1.807, 2.05) is 0 Å². The molecule has 0 radical (unpaired) electrons. The lowest BCUT2D eigenvalue weighted by Gasteiger charge is -2.26. The lowest BCUT2D eigenvalue weighted by atomic mass is 10.0. The van der Waals surface area contributed by atoms with Crippen LogP contribution in [0.4, 0.5) is 0 Å². The van der Waals surface area contributed by atoms with Crippen molar-refractivity contribution >= 4 is 29.6 Å². The highest BCUT2D eigenvalue weighted by atomic mass is 16.4. The fourth-order valence-corrected chi connectivity index (χ4v) is 3.10. The van der Waals surface area contributed by atoms with Crippen LogP contribution in [0.5, 0.6) is 0 Å². The van der Waals surface area contributed by atoms with Crippen LogP contribution in [0.3, 0.4) is 0 Å². The smallest absolute Gasteiger partial charge is 0.328 e. The van der Waals surface area contributed by atoms with Crippen molar-refractivity contribution in [2.45, 2.75) is 70.3 Å². The van der Waals surface area contributed by atoms with Crippen LogP contribution in [-0.2, 0) is 30.4 Å². The van der Waals surface area contributed by atoms with Crippen LogP contribution in [0, 0.1) is 5.92 Å². The minimum Gasteiger partial charge on any atom is -0.480 e. The molecule has 12 heteroatoms. The molecule has 0 aromatic heterocycles. The van der Waals surface area contributed by atoms with Crippen LogP contribution >= 0.6 is 0 Å². The maximum Gasteiger partial charge on any atom is 0.328 e. The zero-order valence-electron chi connectivity index (χ0n) is 20.1. The number of primary amides is 1. The van der Waals surface area contributed by atoms with Gasteiger partial charge < -0.3 is 37.6 Å². The van der Waals surface area contributed by atoms with E-state index in [9.17, 15) is 34.2 Å². The van der Waals surface area contributed by atoms with Gasteiger partial charge in [0.15, 0.2) is 6.04 Å². The number of aliphatic hydroxyl groups excluding tert-OH is 1. The SMILES string of the molecule is CC(C)C(N)C(=O)NC(Cc1ccccc1)C(=O)NC(CCC(N)=O)C(=O)NC(C(=O)O)C(C)O. The molecule has 0 aliphatic rings. The number of rotatable bonds is 14. The van der Waals surface area contributed by atoms with Gasteiger partial charge in [0.05, 0.1) is 12.1 Å². The Morgan fingerprint density at radius 3 is 1.91 bits per heavy atom. The molecule has 4 amide bonds. The summed E-state index contributed by atoms with van der Waals surface area (Å²) < 4.78 is 0. The molecule has 12 nitrogen and oxygen atoms in total. The van der Waals surface area contributed by atoms with Gasteiger partial charge in [-0.1, -0.05) is 44.2 Å². The summed E-state index contributed by atoms with van der Waals surface area (Å²) >= 11 is 0. The average Bonchev–Trinajstić information content (AvgIpc) is 2.78. The largest absolute Gasteiger partial charge is 0.480 e.